The fourth-order valence-electron chi connectivity index (χ4n) is 3.55. The predicted molar refractivity (Wildman–Crippen MR) is 96.7 cm³/mol. The zero-order valence-electron chi connectivity index (χ0n) is 14.5. The number of ether oxygens (including phenoxy) is 1. The van der Waals surface area contributed by atoms with Crippen molar-refractivity contribution in [2.45, 2.75) is 44.8 Å². The molecule has 2 fully saturated rings. The molecule has 1 aromatic rings. The van der Waals surface area contributed by atoms with E-state index in [1.54, 1.807) is 24.3 Å². The molecule has 25 heavy (non-hydrogen) atoms. The van der Waals surface area contributed by atoms with Gasteiger partial charge in [-0.2, -0.15) is 0 Å². The van der Waals surface area contributed by atoms with E-state index < -0.39 is 0 Å². The molecule has 2 saturated heterocycles. The van der Waals surface area contributed by atoms with Gasteiger partial charge in [0, 0.05) is 36.2 Å². The monoisotopic (exact) mass is 364 g/mol. The van der Waals surface area contributed by atoms with Crippen molar-refractivity contribution in [3.8, 4) is 0 Å². The number of benzene rings is 1. The van der Waals surface area contributed by atoms with E-state index in [0.717, 1.165) is 19.4 Å². The van der Waals surface area contributed by atoms with Crippen LogP contribution < -0.4 is 5.32 Å². The molecule has 0 aliphatic carbocycles. The first kappa shape index (κ1) is 18.2. The van der Waals surface area contributed by atoms with Gasteiger partial charge in [0.1, 0.15) is 0 Å². The number of amides is 2. The van der Waals surface area contributed by atoms with Gasteiger partial charge in [0.05, 0.1) is 12.1 Å². The third kappa shape index (κ3) is 4.53. The number of carbonyl (C=O) groups excluding carboxylic acids is 2. The average molecular weight is 365 g/mol. The summed E-state index contributed by atoms with van der Waals surface area (Å²) in [5, 5.41) is 3.71. The average Bonchev–Trinajstić information content (AvgIpc) is 3.17. The molecule has 2 aliphatic rings. The zero-order chi connectivity index (χ0) is 17.8. The molecule has 0 saturated carbocycles. The first-order chi connectivity index (χ1) is 12.0. The molecule has 6 heteroatoms. The molecule has 3 rings (SSSR count). The number of hydrogen-bond acceptors (Lipinski definition) is 3. The van der Waals surface area contributed by atoms with Crippen molar-refractivity contribution in [1.29, 1.82) is 0 Å². The summed E-state index contributed by atoms with van der Waals surface area (Å²) in [6.07, 6.45) is 3.61. The highest BCUT2D eigenvalue weighted by atomic mass is 35.5. The van der Waals surface area contributed by atoms with E-state index in [1.165, 1.54) is 0 Å². The Kier molecular flexibility index (Phi) is 5.97. The Labute approximate surface area is 153 Å². The van der Waals surface area contributed by atoms with Gasteiger partial charge in [-0.25, -0.2) is 0 Å². The van der Waals surface area contributed by atoms with Crippen LogP contribution >= 0.6 is 11.6 Å². The second-order valence-electron chi connectivity index (χ2n) is 6.92. The third-order valence-electron chi connectivity index (χ3n) is 5.14. The summed E-state index contributed by atoms with van der Waals surface area (Å²) in [6.45, 7) is 4.00. The summed E-state index contributed by atoms with van der Waals surface area (Å²) in [4.78, 5) is 26.8. The normalized spacial score (nSPS) is 22.6. The third-order valence-corrected chi connectivity index (χ3v) is 5.39. The molecular formula is C19H25ClN2O3. The highest BCUT2D eigenvalue weighted by Gasteiger charge is 2.30. The molecule has 5 nitrogen and oxygen atoms in total. The number of nitrogens with zero attached hydrogens (tertiary/aromatic N) is 1. The maximum atomic E-state index is 12.5. The molecule has 0 bridgehead atoms. The van der Waals surface area contributed by atoms with Gasteiger partial charge in [-0.05, 0) is 56.9 Å². The minimum absolute atomic E-state index is 0.00301. The Hall–Kier alpha value is -1.59. The quantitative estimate of drug-likeness (QED) is 0.893. The van der Waals surface area contributed by atoms with Gasteiger partial charge in [-0.3, -0.25) is 9.59 Å². The standard InChI is InChI=1S/C19H25ClN2O3/c1-13(17-3-2-12-25-17)21-18(23)14-8-10-22(11-9-14)19(24)15-4-6-16(20)7-5-15/h4-7,13-14,17H,2-3,8-12H2,1H3,(H,21,23). The zero-order valence-corrected chi connectivity index (χ0v) is 15.3. The molecule has 1 N–H and O–H groups in total. The van der Waals surface area contributed by atoms with E-state index in [-0.39, 0.29) is 29.9 Å². The lowest BCUT2D eigenvalue weighted by Crippen LogP contribution is -2.47. The molecule has 0 radical (unpaired) electrons. The maximum Gasteiger partial charge on any atom is 0.253 e. The summed E-state index contributed by atoms with van der Waals surface area (Å²) in [6, 6.07) is 6.98. The second-order valence-corrected chi connectivity index (χ2v) is 7.36. The van der Waals surface area contributed by atoms with E-state index in [1.807, 2.05) is 11.8 Å². The summed E-state index contributed by atoms with van der Waals surface area (Å²) < 4.78 is 5.63. The fraction of sp³-hybridized carbons (Fsp3) is 0.579. The first-order valence-electron chi connectivity index (χ1n) is 9.01. The van der Waals surface area contributed by atoms with Crippen molar-refractivity contribution in [3.05, 3.63) is 34.9 Å². The minimum Gasteiger partial charge on any atom is -0.376 e. The molecule has 0 spiro atoms. The lowest BCUT2D eigenvalue weighted by Gasteiger charge is -2.32. The second kappa shape index (κ2) is 8.19. The Morgan fingerprint density at radius 2 is 1.88 bits per heavy atom. The molecule has 2 atom stereocenters. The van der Waals surface area contributed by atoms with Crippen LogP contribution in [0.15, 0.2) is 24.3 Å². The van der Waals surface area contributed by atoms with E-state index >= 15 is 0 Å². The SMILES string of the molecule is CC(NC(=O)C1CCN(C(=O)c2ccc(Cl)cc2)CC1)C1CCCO1. The highest BCUT2D eigenvalue weighted by Crippen LogP contribution is 2.21. The number of rotatable bonds is 4. The smallest absolute Gasteiger partial charge is 0.253 e. The van der Waals surface area contributed by atoms with Crippen LogP contribution in [-0.2, 0) is 9.53 Å². The van der Waals surface area contributed by atoms with Crippen LogP contribution in [0.25, 0.3) is 0 Å². The molecule has 136 valence electrons. The molecular weight excluding hydrogens is 340 g/mol. The maximum absolute atomic E-state index is 12.5. The van der Waals surface area contributed by atoms with Crippen LogP contribution in [0.3, 0.4) is 0 Å². The summed E-state index contributed by atoms with van der Waals surface area (Å²) in [5.41, 5.74) is 0.638. The molecule has 0 aromatic heterocycles. The van der Waals surface area contributed by atoms with Gasteiger partial charge in [-0.1, -0.05) is 11.6 Å². The Morgan fingerprint density at radius 1 is 1.20 bits per heavy atom. The van der Waals surface area contributed by atoms with Gasteiger partial charge in [-0.15, -0.1) is 0 Å². The topological polar surface area (TPSA) is 58.6 Å². The van der Waals surface area contributed by atoms with E-state index in [9.17, 15) is 9.59 Å². The van der Waals surface area contributed by atoms with Crippen LogP contribution in [0.5, 0.6) is 0 Å². The van der Waals surface area contributed by atoms with Gasteiger partial charge < -0.3 is 15.0 Å². The van der Waals surface area contributed by atoms with Gasteiger partial charge in [0.2, 0.25) is 5.91 Å². The number of halogens is 1. The summed E-state index contributed by atoms with van der Waals surface area (Å²) in [5.74, 6) is 0.0583. The number of likely N-dealkylation sites (tertiary alicyclic amines) is 1. The van der Waals surface area contributed by atoms with Crippen LogP contribution in [0, 0.1) is 5.92 Å². The Bertz CT molecular complexity index is 606. The summed E-state index contributed by atoms with van der Waals surface area (Å²) in [7, 11) is 0. The van der Waals surface area contributed by atoms with Crippen LogP contribution in [-0.4, -0.2) is 48.6 Å². The van der Waals surface area contributed by atoms with E-state index in [4.69, 9.17) is 16.3 Å². The van der Waals surface area contributed by atoms with Crippen molar-refractivity contribution in [1.82, 2.24) is 10.2 Å². The summed E-state index contributed by atoms with van der Waals surface area (Å²) >= 11 is 5.87. The Balaban J connectivity index is 1.48. The predicted octanol–water partition coefficient (Wildman–Crippen LogP) is 2.88. The van der Waals surface area contributed by atoms with Crippen molar-refractivity contribution >= 4 is 23.4 Å². The van der Waals surface area contributed by atoms with Crippen molar-refractivity contribution in [2.75, 3.05) is 19.7 Å². The van der Waals surface area contributed by atoms with Gasteiger partial charge in [0.15, 0.2) is 0 Å². The molecule has 2 amide bonds. The van der Waals surface area contributed by atoms with Crippen molar-refractivity contribution in [3.63, 3.8) is 0 Å². The van der Waals surface area contributed by atoms with Crippen molar-refractivity contribution in [2.24, 2.45) is 5.92 Å². The number of nitrogens with one attached hydrogen (secondary N) is 1. The van der Waals surface area contributed by atoms with Crippen LogP contribution in [0.1, 0.15) is 43.0 Å². The first-order valence-corrected chi connectivity index (χ1v) is 9.39. The largest absolute Gasteiger partial charge is 0.376 e. The van der Waals surface area contributed by atoms with E-state index in [2.05, 4.69) is 5.32 Å². The Morgan fingerprint density at radius 3 is 2.48 bits per heavy atom. The van der Waals surface area contributed by atoms with Crippen molar-refractivity contribution < 1.29 is 14.3 Å². The van der Waals surface area contributed by atoms with Crippen LogP contribution in [0.2, 0.25) is 5.02 Å². The fourth-order valence-corrected chi connectivity index (χ4v) is 3.68. The molecule has 2 unspecified atom stereocenters. The number of carbonyl (C=O) groups is 2. The molecule has 1 aromatic carbocycles. The van der Waals surface area contributed by atoms with Gasteiger partial charge in [0.25, 0.3) is 5.91 Å². The number of hydrogen-bond donors (Lipinski definition) is 1. The lowest BCUT2D eigenvalue weighted by atomic mass is 9.94. The van der Waals surface area contributed by atoms with Crippen LogP contribution in [0.4, 0.5) is 0 Å². The minimum atomic E-state index is -0.0295. The highest BCUT2D eigenvalue weighted by molar-refractivity contribution is 6.30. The molecule has 2 heterocycles. The molecule has 2 aliphatic heterocycles. The van der Waals surface area contributed by atoms with E-state index in [0.29, 0.717) is 36.5 Å². The lowest BCUT2D eigenvalue weighted by molar-refractivity contribution is -0.127. The number of piperidine rings is 1. The van der Waals surface area contributed by atoms with Gasteiger partial charge >= 0.3 is 0 Å².